The van der Waals surface area contributed by atoms with Gasteiger partial charge in [0.15, 0.2) is 5.78 Å². The maximum Gasteiger partial charge on any atom is 0.166 e. The maximum atomic E-state index is 12.2. The van der Waals surface area contributed by atoms with Crippen LogP contribution in [0.2, 0.25) is 0 Å². The molecule has 1 fully saturated rings. The Morgan fingerprint density at radius 2 is 2.10 bits per heavy atom. The molecule has 2 unspecified atom stereocenters. The average molecular weight is 272 g/mol. The van der Waals surface area contributed by atoms with E-state index in [1.807, 2.05) is 0 Å². The van der Waals surface area contributed by atoms with Crippen LogP contribution in [0.5, 0.6) is 0 Å². The molecule has 0 radical (unpaired) electrons. The van der Waals surface area contributed by atoms with Crippen LogP contribution in [0.3, 0.4) is 0 Å². The number of hydrogen-bond acceptors (Lipinski definition) is 3. The fourth-order valence-electron chi connectivity index (χ4n) is 3.72. The molecule has 2 atom stereocenters. The highest BCUT2D eigenvalue weighted by atomic mass is 16.1. The summed E-state index contributed by atoms with van der Waals surface area (Å²) >= 11 is 0. The summed E-state index contributed by atoms with van der Waals surface area (Å²) < 4.78 is 0. The summed E-state index contributed by atoms with van der Waals surface area (Å²) in [5, 5.41) is 0. The molecule has 1 heterocycles. The van der Waals surface area contributed by atoms with Crippen LogP contribution in [0.1, 0.15) is 80.7 Å². The second kappa shape index (κ2) is 4.94. The number of fused-ring (bicyclic) bond motifs is 1. The highest BCUT2D eigenvalue weighted by Gasteiger charge is 2.34. The molecule has 2 aliphatic carbocycles. The average Bonchev–Trinajstić information content (AvgIpc) is 2.85. The molecule has 20 heavy (non-hydrogen) atoms. The van der Waals surface area contributed by atoms with Crippen LogP contribution in [0.25, 0.3) is 0 Å². The number of Topliss-reactive ketones (excluding diaryl/α,β-unsaturated/α-hetero) is 1. The lowest BCUT2D eigenvalue weighted by Gasteiger charge is -2.29. The maximum absolute atomic E-state index is 12.2. The number of aromatic nitrogens is 2. The topological polar surface area (TPSA) is 42.9 Å². The Hall–Kier alpha value is -1.25. The number of ketones is 1. The van der Waals surface area contributed by atoms with E-state index in [4.69, 9.17) is 4.98 Å². The standard InChI is InChI=1S/C17H24N2O/c1-4-11-5-6-12(7-11)16-18-10-13-14(19-16)8-17(2,3)9-15(13)20/h10-12H,4-9H2,1-3H3. The van der Waals surface area contributed by atoms with Gasteiger partial charge in [-0.2, -0.15) is 0 Å². The Balaban J connectivity index is 1.88. The molecular weight excluding hydrogens is 248 g/mol. The second-order valence-electron chi connectivity index (χ2n) is 7.31. The lowest BCUT2D eigenvalue weighted by Crippen LogP contribution is -2.28. The van der Waals surface area contributed by atoms with Gasteiger partial charge in [0.1, 0.15) is 5.82 Å². The number of hydrogen-bond donors (Lipinski definition) is 0. The largest absolute Gasteiger partial charge is 0.294 e. The smallest absolute Gasteiger partial charge is 0.166 e. The van der Waals surface area contributed by atoms with Crippen molar-refractivity contribution in [2.24, 2.45) is 11.3 Å². The van der Waals surface area contributed by atoms with Gasteiger partial charge in [-0.25, -0.2) is 9.97 Å². The van der Waals surface area contributed by atoms with Crippen molar-refractivity contribution in [2.75, 3.05) is 0 Å². The molecule has 3 rings (SSSR count). The number of carbonyl (C=O) groups is 1. The van der Waals surface area contributed by atoms with Gasteiger partial charge < -0.3 is 0 Å². The first-order valence-corrected chi connectivity index (χ1v) is 7.87. The minimum Gasteiger partial charge on any atom is -0.294 e. The van der Waals surface area contributed by atoms with Crippen LogP contribution in [0.4, 0.5) is 0 Å². The normalized spacial score (nSPS) is 28.4. The summed E-state index contributed by atoms with van der Waals surface area (Å²) in [5.41, 5.74) is 1.78. The Labute approximate surface area is 121 Å². The van der Waals surface area contributed by atoms with E-state index in [0.29, 0.717) is 12.3 Å². The molecule has 0 aromatic carbocycles. The summed E-state index contributed by atoms with van der Waals surface area (Å²) in [4.78, 5) is 21.4. The molecule has 0 spiro atoms. The first kappa shape index (κ1) is 13.7. The Morgan fingerprint density at radius 1 is 1.30 bits per heavy atom. The lowest BCUT2D eigenvalue weighted by molar-refractivity contribution is 0.0909. The van der Waals surface area contributed by atoms with Gasteiger partial charge in [-0.1, -0.05) is 27.2 Å². The zero-order valence-corrected chi connectivity index (χ0v) is 12.8. The quantitative estimate of drug-likeness (QED) is 0.819. The third kappa shape index (κ3) is 2.50. The van der Waals surface area contributed by atoms with E-state index in [0.717, 1.165) is 29.4 Å². The molecular formula is C17H24N2O. The summed E-state index contributed by atoms with van der Waals surface area (Å²) in [6, 6.07) is 0. The van der Waals surface area contributed by atoms with Crippen molar-refractivity contribution in [2.45, 2.75) is 65.2 Å². The molecule has 0 N–H and O–H groups in total. The van der Waals surface area contributed by atoms with E-state index >= 15 is 0 Å². The number of carbonyl (C=O) groups excluding carboxylic acids is 1. The van der Waals surface area contributed by atoms with E-state index in [2.05, 4.69) is 25.8 Å². The Kier molecular flexibility index (Phi) is 3.39. The van der Waals surface area contributed by atoms with Crippen LogP contribution in [-0.4, -0.2) is 15.8 Å². The van der Waals surface area contributed by atoms with Gasteiger partial charge in [-0.3, -0.25) is 4.79 Å². The van der Waals surface area contributed by atoms with Gasteiger partial charge in [0.25, 0.3) is 0 Å². The summed E-state index contributed by atoms with van der Waals surface area (Å²) in [5.74, 6) is 2.52. The van der Waals surface area contributed by atoms with Crippen molar-refractivity contribution in [1.82, 2.24) is 9.97 Å². The van der Waals surface area contributed by atoms with Crippen molar-refractivity contribution in [3.63, 3.8) is 0 Å². The number of nitrogens with zero attached hydrogens (tertiary/aromatic N) is 2. The summed E-state index contributed by atoms with van der Waals surface area (Å²) in [6.07, 6.45) is 8.27. The van der Waals surface area contributed by atoms with Crippen LogP contribution in [0, 0.1) is 11.3 Å². The predicted octanol–water partition coefficient (Wildman–Crippen LogP) is 3.93. The molecule has 0 amide bonds. The minimum atomic E-state index is 0.0390. The van der Waals surface area contributed by atoms with Crippen molar-refractivity contribution in [3.8, 4) is 0 Å². The van der Waals surface area contributed by atoms with Crippen LogP contribution < -0.4 is 0 Å². The molecule has 1 saturated carbocycles. The molecule has 0 bridgehead atoms. The van der Waals surface area contributed by atoms with E-state index in [-0.39, 0.29) is 11.2 Å². The zero-order chi connectivity index (χ0) is 14.3. The summed E-state index contributed by atoms with van der Waals surface area (Å²) in [7, 11) is 0. The highest BCUT2D eigenvalue weighted by Crippen LogP contribution is 2.39. The van der Waals surface area contributed by atoms with Gasteiger partial charge in [0, 0.05) is 18.5 Å². The van der Waals surface area contributed by atoms with Gasteiger partial charge in [-0.05, 0) is 37.0 Å². The minimum absolute atomic E-state index is 0.0390. The zero-order valence-electron chi connectivity index (χ0n) is 12.8. The van der Waals surface area contributed by atoms with Gasteiger partial charge >= 0.3 is 0 Å². The van der Waals surface area contributed by atoms with Crippen molar-refractivity contribution in [1.29, 1.82) is 0 Å². The van der Waals surface area contributed by atoms with E-state index < -0.39 is 0 Å². The molecule has 108 valence electrons. The molecule has 0 saturated heterocycles. The molecule has 3 heteroatoms. The number of rotatable bonds is 2. The lowest BCUT2D eigenvalue weighted by atomic mass is 9.76. The second-order valence-corrected chi connectivity index (χ2v) is 7.31. The van der Waals surface area contributed by atoms with Gasteiger partial charge in [0.2, 0.25) is 0 Å². The predicted molar refractivity (Wildman–Crippen MR) is 78.8 cm³/mol. The fraction of sp³-hybridized carbons (Fsp3) is 0.706. The third-order valence-electron chi connectivity index (χ3n) is 4.96. The molecule has 1 aromatic rings. The van der Waals surface area contributed by atoms with Crippen molar-refractivity contribution >= 4 is 5.78 Å². The SMILES string of the molecule is CCC1CCC(c2ncc3c(n2)CC(C)(C)CC3=O)C1. The third-order valence-corrected chi connectivity index (χ3v) is 4.96. The molecule has 2 aliphatic rings. The summed E-state index contributed by atoms with van der Waals surface area (Å²) in [6.45, 7) is 6.57. The van der Waals surface area contributed by atoms with Gasteiger partial charge in [0.05, 0.1) is 11.3 Å². The monoisotopic (exact) mass is 272 g/mol. The molecule has 1 aromatic heterocycles. The van der Waals surface area contributed by atoms with E-state index in [9.17, 15) is 4.79 Å². The Bertz CT molecular complexity index is 536. The van der Waals surface area contributed by atoms with E-state index in [1.165, 1.54) is 25.7 Å². The van der Waals surface area contributed by atoms with E-state index in [1.54, 1.807) is 6.20 Å². The molecule has 3 nitrogen and oxygen atoms in total. The van der Waals surface area contributed by atoms with Gasteiger partial charge in [-0.15, -0.1) is 0 Å². The first-order valence-electron chi connectivity index (χ1n) is 7.87. The van der Waals surface area contributed by atoms with Crippen LogP contribution in [-0.2, 0) is 6.42 Å². The Morgan fingerprint density at radius 3 is 2.80 bits per heavy atom. The van der Waals surface area contributed by atoms with Crippen molar-refractivity contribution in [3.05, 3.63) is 23.3 Å². The fourth-order valence-corrected chi connectivity index (χ4v) is 3.72. The van der Waals surface area contributed by atoms with Crippen LogP contribution in [0.15, 0.2) is 6.20 Å². The van der Waals surface area contributed by atoms with Crippen LogP contribution >= 0.6 is 0 Å². The molecule has 0 aliphatic heterocycles. The first-order chi connectivity index (χ1) is 9.48. The highest BCUT2D eigenvalue weighted by molar-refractivity contribution is 5.98. The van der Waals surface area contributed by atoms with Crippen molar-refractivity contribution < 1.29 is 4.79 Å².